The molecule has 17 heavy (non-hydrogen) atoms. The van der Waals surface area contributed by atoms with E-state index in [0.29, 0.717) is 0 Å². The zero-order valence-corrected chi connectivity index (χ0v) is 9.01. The number of carbonyl (C=O) groups is 2. The number of hydrogen-bond donors (Lipinski definition) is 1. The van der Waals surface area contributed by atoms with E-state index in [-0.39, 0.29) is 18.1 Å². The lowest BCUT2D eigenvalue weighted by atomic mass is 9.92. The average Bonchev–Trinajstić information content (AvgIpc) is 2.70. The molecule has 1 amide bonds. The van der Waals surface area contributed by atoms with Crippen molar-refractivity contribution in [3.63, 3.8) is 0 Å². The van der Waals surface area contributed by atoms with Crippen LogP contribution in [-0.4, -0.2) is 35.5 Å². The minimum Gasteiger partial charge on any atom is -0.469 e. The van der Waals surface area contributed by atoms with Crippen LogP contribution in [0.5, 0.6) is 0 Å². The Morgan fingerprint density at radius 3 is 3.06 bits per heavy atom. The van der Waals surface area contributed by atoms with Crippen LogP contribution in [-0.2, 0) is 14.3 Å². The number of methoxy groups -OCH3 is 1. The maximum Gasteiger partial charge on any atom is 0.311 e. The number of nitrogens with one attached hydrogen (secondary N) is 1. The predicted molar refractivity (Wildman–Crippen MR) is 53.2 cm³/mol. The minimum absolute atomic E-state index is 0.168. The van der Waals surface area contributed by atoms with Crippen molar-refractivity contribution >= 4 is 11.9 Å². The van der Waals surface area contributed by atoms with Crippen LogP contribution < -0.4 is 5.32 Å². The van der Waals surface area contributed by atoms with Gasteiger partial charge in [-0.25, -0.2) is 9.97 Å². The molecule has 0 saturated carbocycles. The van der Waals surface area contributed by atoms with Gasteiger partial charge in [0.2, 0.25) is 5.91 Å². The second kappa shape index (κ2) is 4.44. The van der Waals surface area contributed by atoms with Crippen molar-refractivity contribution in [1.82, 2.24) is 15.3 Å². The quantitative estimate of drug-likeness (QED) is 0.562. The lowest BCUT2D eigenvalue weighted by Crippen LogP contribution is -2.24. The van der Waals surface area contributed by atoms with Gasteiger partial charge in [0.25, 0.3) is 0 Å². The van der Waals surface area contributed by atoms with Gasteiger partial charge >= 0.3 is 12.0 Å². The Balaban J connectivity index is 2.34. The average molecular weight is 239 g/mol. The first-order chi connectivity index (χ1) is 8.13. The first-order valence-corrected chi connectivity index (χ1v) is 4.97. The monoisotopic (exact) mass is 239 g/mol. The molecule has 2 heterocycles. The molecule has 1 fully saturated rings. The summed E-state index contributed by atoms with van der Waals surface area (Å²) in [6.07, 6.45) is 0.281. The highest BCUT2D eigenvalue weighted by Crippen LogP contribution is 2.28. The molecule has 1 aliphatic heterocycles. The topological polar surface area (TPSA) is 81.2 Å². The van der Waals surface area contributed by atoms with Gasteiger partial charge in [0.05, 0.1) is 24.6 Å². The molecule has 1 aliphatic rings. The molecule has 2 rings (SSSR count). The van der Waals surface area contributed by atoms with Crippen LogP contribution in [0.25, 0.3) is 0 Å². The van der Waals surface area contributed by atoms with Crippen LogP contribution in [0.2, 0.25) is 0 Å². The van der Waals surface area contributed by atoms with Gasteiger partial charge in [0.15, 0.2) is 0 Å². The number of carbonyl (C=O) groups excluding carboxylic acids is 2. The molecule has 6 nitrogen and oxygen atoms in total. The lowest BCUT2D eigenvalue weighted by molar-refractivity contribution is -0.146. The highest BCUT2D eigenvalue weighted by atomic mass is 19.1. The van der Waals surface area contributed by atoms with Crippen LogP contribution in [0.15, 0.2) is 12.3 Å². The highest BCUT2D eigenvalue weighted by Gasteiger charge is 2.42. The van der Waals surface area contributed by atoms with Gasteiger partial charge in [-0.15, -0.1) is 0 Å². The SMILES string of the molecule is COC(=O)C1CNC(=O)[C@H]1c1ccnc(F)n1. The maximum absolute atomic E-state index is 12.9. The van der Waals surface area contributed by atoms with Crippen molar-refractivity contribution in [2.75, 3.05) is 13.7 Å². The van der Waals surface area contributed by atoms with Crippen LogP contribution >= 0.6 is 0 Å². The summed E-state index contributed by atoms with van der Waals surface area (Å²) >= 11 is 0. The van der Waals surface area contributed by atoms with Crippen LogP contribution in [0.1, 0.15) is 11.6 Å². The summed E-state index contributed by atoms with van der Waals surface area (Å²) in [5.74, 6) is -2.38. The van der Waals surface area contributed by atoms with E-state index in [9.17, 15) is 14.0 Å². The molecule has 0 aromatic carbocycles. The third kappa shape index (κ3) is 2.08. The maximum atomic E-state index is 12.9. The van der Waals surface area contributed by atoms with Crippen molar-refractivity contribution < 1.29 is 18.7 Å². The molecule has 0 aliphatic carbocycles. The Bertz CT molecular complexity index is 466. The van der Waals surface area contributed by atoms with Gasteiger partial charge in [0, 0.05) is 12.7 Å². The van der Waals surface area contributed by atoms with Gasteiger partial charge in [-0.1, -0.05) is 0 Å². The Hall–Kier alpha value is -2.05. The predicted octanol–water partition coefficient (Wildman–Crippen LogP) is -0.382. The number of halogens is 1. The zero-order chi connectivity index (χ0) is 12.4. The number of hydrogen-bond acceptors (Lipinski definition) is 5. The molecule has 7 heteroatoms. The van der Waals surface area contributed by atoms with E-state index in [1.807, 2.05) is 0 Å². The standard InChI is InChI=1S/C10H10FN3O3/c1-17-9(16)5-4-13-8(15)7(5)6-2-3-12-10(11)14-6/h2-3,5,7H,4H2,1H3,(H,13,15)/t5?,7-/m1/s1. The molecule has 1 aromatic rings. The Labute approximate surface area is 96.2 Å². The van der Waals surface area contributed by atoms with Crippen molar-refractivity contribution in [3.8, 4) is 0 Å². The van der Waals surface area contributed by atoms with Crippen LogP contribution in [0.3, 0.4) is 0 Å². The molecule has 1 aromatic heterocycles. The Morgan fingerprint density at radius 1 is 1.65 bits per heavy atom. The number of aromatic nitrogens is 2. The van der Waals surface area contributed by atoms with Crippen molar-refractivity contribution in [1.29, 1.82) is 0 Å². The molecule has 1 saturated heterocycles. The van der Waals surface area contributed by atoms with Gasteiger partial charge < -0.3 is 10.1 Å². The normalized spacial score (nSPS) is 23.3. The molecule has 1 N–H and O–H groups in total. The van der Waals surface area contributed by atoms with E-state index in [4.69, 9.17) is 0 Å². The number of ether oxygens (including phenoxy) is 1. The summed E-state index contributed by atoms with van der Waals surface area (Å²) in [5.41, 5.74) is 0.183. The molecular weight excluding hydrogens is 229 g/mol. The fourth-order valence-corrected chi connectivity index (χ4v) is 1.85. The minimum atomic E-state index is -0.925. The zero-order valence-electron chi connectivity index (χ0n) is 9.01. The molecule has 0 spiro atoms. The smallest absolute Gasteiger partial charge is 0.311 e. The molecule has 1 unspecified atom stereocenters. The van der Waals surface area contributed by atoms with E-state index < -0.39 is 23.9 Å². The number of esters is 1. The Morgan fingerprint density at radius 2 is 2.41 bits per heavy atom. The Kier molecular flexibility index (Phi) is 2.99. The molecular formula is C10H10FN3O3. The van der Waals surface area contributed by atoms with Crippen molar-refractivity contribution in [2.24, 2.45) is 5.92 Å². The van der Waals surface area contributed by atoms with E-state index in [1.165, 1.54) is 19.4 Å². The summed E-state index contributed by atoms with van der Waals surface area (Å²) in [4.78, 5) is 29.9. The second-order valence-electron chi connectivity index (χ2n) is 3.60. The summed E-state index contributed by atoms with van der Waals surface area (Å²) in [6, 6.07) is 1.41. The van der Waals surface area contributed by atoms with E-state index in [1.54, 1.807) is 0 Å². The van der Waals surface area contributed by atoms with Gasteiger partial charge in [-0.05, 0) is 6.07 Å². The number of amides is 1. The van der Waals surface area contributed by atoms with Crippen LogP contribution in [0.4, 0.5) is 4.39 Å². The molecule has 0 radical (unpaired) electrons. The van der Waals surface area contributed by atoms with E-state index in [2.05, 4.69) is 20.0 Å². The first-order valence-electron chi connectivity index (χ1n) is 4.97. The third-order valence-corrected chi connectivity index (χ3v) is 2.65. The molecule has 0 bridgehead atoms. The highest BCUT2D eigenvalue weighted by molar-refractivity contribution is 5.92. The summed E-state index contributed by atoms with van der Waals surface area (Å²) in [6.45, 7) is 0.168. The first kappa shape index (κ1) is 11.4. The number of rotatable bonds is 2. The molecule has 2 atom stereocenters. The summed E-state index contributed by atoms with van der Waals surface area (Å²) < 4.78 is 17.5. The van der Waals surface area contributed by atoms with E-state index >= 15 is 0 Å². The lowest BCUT2D eigenvalue weighted by Gasteiger charge is -2.13. The number of nitrogens with zero attached hydrogens (tertiary/aromatic N) is 2. The van der Waals surface area contributed by atoms with Gasteiger partial charge in [-0.3, -0.25) is 9.59 Å². The van der Waals surface area contributed by atoms with Crippen LogP contribution in [0, 0.1) is 12.0 Å². The largest absolute Gasteiger partial charge is 0.469 e. The van der Waals surface area contributed by atoms with Gasteiger partial charge in [-0.2, -0.15) is 4.39 Å². The fourth-order valence-electron chi connectivity index (χ4n) is 1.85. The third-order valence-electron chi connectivity index (χ3n) is 2.65. The molecule has 90 valence electrons. The second-order valence-corrected chi connectivity index (χ2v) is 3.60. The van der Waals surface area contributed by atoms with Crippen molar-refractivity contribution in [2.45, 2.75) is 5.92 Å². The van der Waals surface area contributed by atoms with Gasteiger partial charge in [0.1, 0.15) is 0 Å². The van der Waals surface area contributed by atoms with E-state index in [0.717, 1.165) is 0 Å². The summed E-state index contributed by atoms with van der Waals surface area (Å²) in [7, 11) is 1.24. The van der Waals surface area contributed by atoms with Crippen molar-refractivity contribution in [3.05, 3.63) is 24.0 Å². The summed E-state index contributed by atoms with van der Waals surface area (Å²) in [5, 5.41) is 2.53. The fraction of sp³-hybridized carbons (Fsp3) is 0.400.